The molecule has 2 N–H and O–H groups in total. The lowest BCUT2D eigenvalue weighted by Crippen LogP contribution is -2.19. The number of anilines is 2. The minimum atomic E-state index is -0.349. The fraction of sp³-hybridized carbons (Fsp3) is 0.167. The number of carbonyl (C=O) groups excluding carboxylic acids is 2. The zero-order valence-electron chi connectivity index (χ0n) is 10.9. The van der Waals surface area contributed by atoms with Crippen molar-refractivity contribution >= 4 is 46.5 Å². The molecule has 1 heterocycles. The highest BCUT2D eigenvalue weighted by Gasteiger charge is 2.10. The molecular formula is C12H11Cl2N5O2. The first-order valence-electron chi connectivity index (χ1n) is 5.87. The van der Waals surface area contributed by atoms with Gasteiger partial charge in [0.1, 0.15) is 6.54 Å². The lowest BCUT2D eigenvalue weighted by molar-refractivity contribution is -0.117. The molecule has 110 valence electrons. The van der Waals surface area contributed by atoms with E-state index in [0.717, 1.165) is 0 Å². The molecule has 1 aromatic carbocycles. The van der Waals surface area contributed by atoms with E-state index in [-0.39, 0.29) is 29.2 Å². The molecule has 0 fully saturated rings. The highest BCUT2D eigenvalue weighted by molar-refractivity contribution is 6.43. The predicted molar refractivity (Wildman–Crippen MR) is 79.4 cm³/mol. The number of aromatic nitrogens is 3. The molecule has 0 radical (unpaired) electrons. The van der Waals surface area contributed by atoms with Crippen molar-refractivity contribution in [1.29, 1.82) is 0 Å². The van der Waals surface area contributed by atoms with E-state index >= 15 is 0 Å². The summed E-state index contributed by atoms with van der Waals surface area (Å²) in [5.74, 6) is -0.341. The number of hydrogen-bond acceptors (Lipinski definition) is 4. The minimum absolute atomic E-state index is 0.0740. The minimum Gasteiger partial charge on any atom is -0.323 e. The molecule has 0 aliphatic heterocycles. The molecule has 0 saturated heterocycles. The van der Waals surface area contributed by atoms with Crippen LogP contribution in [-0.2, 0) is 16.1 Å². The number of amides is 2. The Kier molecular flexibility index (Phi) is 4.77. The molecule has 9 heteroatoms. The molecule has 7 nitrogen and oxygen atoms in total. The van der Waals surface area contributed by atoms with Gasteiger partial charge in [-0.05, 0) is 12.1 Å². The third-order valence-corrected chi connectivity index (χ3v) is 3.19. The summed E-state index contributed by atoms with van der Waals surface area (Å²) in [7, 11) is 0. The number of rotatable bonds is 4. The molecule has 0 unspecified atom stereocenters. The van der Waals surface area contributed by atoms with E-state index in [0.29, 0.717) is 10.7 Å². The van der Waals surface area contributed by atoms with Gasteiger partial charge >= 0.3 is 0 Å². The predicted octanol–water partition coefficient (Wildman–Crippen LogP) is 2.18. The lowest BCUT2D eigenvalue weighted by Gasteiger charge is -2.07. The van der Waals surface area contributed by atoms with Crippen LogP contribution in [0, 0.1) is 0 Å². The standard InChI is InChI=1S/C12H11Cl2N5O2/c1-7(20)15-10-5-19(18-17-10)6-11(21)16-9-4-2-3-8(13)12(9)14/h2-5H,6H2,1H3,(H,15,20)(H,16,21). The van der Waals surface area contributed by atoms with Crippen LogP contribution in [0.25, 0.3) is 0 Å². The summed E-state index contributed by atoms with van der Waals surface area (Å²) >= 11 is 11.8. The van der Waals surface area contributed by atoms with Crippen molar-refractivity contribution < 1.29 is 9.59 Å². The maximum atomic E-state index is 11.9. The van der Waals surface area contributed by atoms with Crippen LogP contribution < -0.4 is 10.6 Å². The number of benzene rings is 1. The quantitative estimate of drug-likeness (QED) is 0.900. The van der Waals surface area contributed by atoms with Crippen LogP contribution in [0.1, 0.15) is 6.92 Å². The third kappa shape index (κ3) is 4.17. The smallest absolute Gasteiger partial charge is 0.246 e. The van der Waals surface area contributed by atoms with Gasteiger partial charge in [0.05, 0.1) is 21.9 Å². The molecule has 2 aromatic rings. The molecule has 2 rings (SSSR count). The maximum Gasteiger partial charge on any atom is 0.246 e. The zero-order chi connectivity index (χ0) is 15.4. The highest BCUT2D eigenvalue weighted by Crippen LogP contribution is 2.29. The summed E-state index contributed by atoms with van der Waals surface area (Å²) in [6.45, 7) is 1.28. The monoisotopic (exact) mass is 327 g/mol. The van der Waals surface area contributed by atoms with Gasteiger partial charge in [0, 0.05) is 6.92 Å². The number of hydrogen-bond donors (Lipinski definition) is 2. The van der Waals surface area contributed by atoms with Crippen molar-refractivity contribution in [1.82, 2.24) is 15.0 Å². The van der Waals surface area contributed by atoms with E-state index < -0.39 is 0 Å². The van der Waals surface area contributed by atoms with E-state index in [1.165, 1.54) is 17.8 Å². The molecule has 0 saturated carbocycles. The van der Waals surface area contributed by atoms with Gasteiger partial charge in [-0.25, -0.2) is 4.68 Å². The second-order valence-electron chi connectivity index (χ2n) is 4.13. The molecule has 2 amide bonds. The van der Waals surface area contributed by atoms with E-state index in [1.807, 2.05) is 0 Å². The molecule has 0 aliphatic carbocycles. The van der Waals surface area contributed by atoms with Gasteiger partial charge < -0.3 is 10.6 Å². The van der Waals surface area contributed by atoms with E-state index in [4.69, 9.17) is 23.2 Å². The van der Waals surface area contributed by atoms with Crippen molar-refractivity contribution in [3.05, 3.63) is 34.4 Å². The van der Waals surface area contributed by atoms with Crippen molar-refractivity contribution in [2.75, 3.05) is 10.6 Å². The average Bonchev–Trinajstić information content (AvgIpc) is 2.81. The Balaban J connectivity index is 2.00. The number of carbonyl (C=O) groups is 2. The normalized spacial score (nSPS) is 10.2. The number of halogens is 2. The van der Waals surface area contributed by atoms with Crippen LogP contribution in [0.4, 0.5) is 11.5 Å². The fourth-order valence-corrected chi connectivity index (χ4v) is 1.90. The first kappa shape index (κ1) is 15.3. The summed E-state index contributed by atoms with van der Waals surface area (Å²) < 4.78 is 1.29. The van der Waals surface area contributed by atoms with Crippen LogP contribution in [-0.4, -0.2) is 26.8 Å². The van der Waals surface area contributed by atoms with Gasteiger partial charge in [0.15, 0.2) is 5.82 Å². The SMILES string of the molecule is CC(=O)Nc1cn(CC(=O)Nc2cccc(Cl)c2Cl)nn1. The van der Waals surface area contributed by atoms with Gasteiger partial charge in [-0.15, -0.1) is 5.10 Å². The van der Waals surface area contributed by atoms with Crippen molar-refractivity contribution in [3.63, 3.8) is 0 Å². The fourth-order valence-electron chi connectivity index (χ4n) is 1.55. The summed E-state index contributed by atoms with van der Waals surface area (Å²) in [4.78, 5) is 22.7. The average molecular weight is 328 g/mol. The Hall–Kier alpha value is -2.12. The summed E-state index contributed by atoms with van der Waals surface area (Å²) in [5, 5.41) is 13.1. The topological polar surface area (TPSA) is 88.9 Å². The molecular weight excluding hydrogens is 317 g/mol. The third-order valence-electron chi connectivity index (χ3n) is 2.37. The van der Waals surface area contributed by atoms with E-state index in [2.05, 4.69) is 20.9 Å². The Bertz CT molecular complexity index is 686. The molecule has 0 spiro atoms. The Morgan fingerprint density at radius 1 is 1.29 bits per heavy atom. The summed E-state index contributed by atoms with van der Waals surface area (Å²) in [5.41, 5.74) is 0.413. The van der Waals surface area contributed by atoms with Gasteiger partial charge in [-0.1, -0.05) is 34.5 Å². The zero-order valence-corrected chi connectivity index (χ0v) is 12.4. The molecule has 21 heavy (non-hydrogen) atoms. The Labute approximate surface area is 130 Å². The molecule has 0 bridgehead atoms. The number of nitrogens with one attached hydrogen (secondary N) is 2. The van der Waals surface area contributed by atoms with E-state index in [1.54, 1.807) is 18.2 Å². The summed E-state index contributed by atoms with van der Waals surface area (Å²) in [6, 6.07) is 4.93. The van der Waals surface area contributed by atoms with Crippen LogP contribution in [0.3, 0.4) is 0 Å². The molecule has 1 aromatic heterocycles. The second kappa shape index (κ2) is 6.55. The lowest BCUT2D eigenvalue weighted by atomic mass is 10.3. The largest absolute Gasteiger partial charge is 0.323 e. The van der Waals surface area contributed by atoms with Crippen molar-refractivity contribution in [2.24, 2.45) is 0 Å². The van der Waals surface area contributed by atoms with Crippen LogP contribution in [0.5, 0.6) is 0 Å². The van der Waals surface area contributed by atoms with Crippen molar-refractivity contribution in [3.8, 4) is 0 Å². The van der Waals surface area contributed by atoms with Crippen molar-refractivity contribution in [2.45, 2.75) is 13.5 Å². The van der Waals surface area contributed by atoms with Gasteiger partial charge in [-0.2, -0.15) is 0 Å². The van der Waals surface area contributed by atoms with Gasteiger partial charge in [0.2, 0.25) is 11.8 Å². The summed E-state index contributed by atoms with van der Waals surface area (Å²) in [6.07, 6.45) is 1.44. The number of nitrogens with zero attached hydrogens (tertiary/aromatic N) is 3. The molecule has 0 aliphatic rings. The first-order chi connectivity index (χ1) is 9.95. The van der Waals surface area contributed by atoms with Crippen LogP contribution in [0.2, 0.25) is 10.0 Å². The highest BCUT2D eigenvalue weighted by atomic mass is 35.5. The Morgan fingerprint density at radius 2 is 2.05 bits per heavy atom. The van der Waals surface area contributed by atoms with Crippen LogP contribution in [0.15, 0.2) is 24.4 Å². The second-order valence-corrected chi connectivity index (χ2v) is 4.92. The van der Waals surface area contributed by atoms with Gasteiger partial charge in [0.25, 0.3) is 0 Å². The molecule has 0 atom stereocenters. The van der Waals surface area contributed by atoms with Gasteiger partial charge in [-0.3, -0.25) is 9.59 Å². The Morgan fingerprint density at radius 3 is 2.76 bits per heavy atom. The van der Waals surface area contributed by atoms with Crippen LogP contribution >= 0.6 is 23.2 Å². The first-order valence-corrected chi connectivity index (χ1v) is 6.63. The van der Waals surface area contributed by atoms with E-state index in [9.17, 15) is 9.59 Å². The maximum absolute atomic E-state index is 11.9.